The molecule has 1 atom stereocenters. The van der Waals surface area contributed by atoms with E-state index in [0.29, 0.717) is 12.3 Å². The van der Waals surface area contributed by atoms with E-state index >= 15 is 0 Å². The molecule has 78 valence electrons. The van der Waals surface area contributed by atoms with E-state index in [-0.39, 0.29) is 5.69 Å². The van der Waals surface area contributed by atoms with Gasteiger partial charge in [-0.05, 0) is 6.92 Å². The molecule has 0 N–H and O–H groups in total. The van der Waals surface area contributed by atoms with Crippen LogP contribution in [-0.4, -0.2) is 30.9 Å². The molecule has 0 amide bonds. The van der Waals surface area contributed by atoms with Crippen LogP contribution < -0.4 is 5.69 Å². The molecule has 1 heterocycles. The van der Waals surface area contributed by atoms with Crippen molar-refractivity contribution >= 4 is 17.4 Å². The van der Waals surface area contributed by atoms with Crippen molar-refractivity contribution in [1.82, 2.24) is 14.3 Å². The molecule has 1 aromatic rings. The normalized spacial score (nSPS) is 13.6. The topological polar surface area (TPSA) is 62.9 Å². The Kier molecular flexibility index (Phi) is 3.97. The SMILES string of the molecule is C/C=C\n1cnn(CC[S+](C)[O-])c1=O. The van der Waals surface area contributed by atoms with Gasteiger partial charge in [0.25, 0.3) is 0 Å². The van der Waals surface area contributed by atoms with Crippen molar-refractivity contribution in [3.05, 3.63) is 22.9 Å². The monoisotopic (exact) mass is 215 g/mol. The molecular weight excluding hydrogens is 202 g/mol. The van der Waals surface area contributed by atoms with Gasteiger partial charge in [0.05, 0.1) is 12.8 Å². The van der Waals surface area contributed by atoms with E-state index in [4.69, 9.17) is 0 Å². The van der Waals surface area contributed by atoms with Crippen LogP contribution >= 0.6 is 0 Å². The predicted octanol–water partition coefficient (Wildman–Crippen LogP) is -0.0861. The zero-order valence-corrected chi connectivity index (χ0v) is 9.03. The van der Waals surface area contributed by atoms with Crippen LogP contribution in [0.4, 0.5) is 0 Å². The highest BCUT2D eigenvalue weighted by Crippen LogP contribution is 1.87. The standard InChI is InChI=1S/C8H13N3O2S/c1-3-4-10-7-9-11(8(10)12)5-6-14(2)13/h3-4,7H,5-6H2,1-2H3/b4-3-. The van der Waals surface area contributed by atoms with Crippen molar-refractivity contribution in [3.63, 3.8) is 0 Å². The summed E-state index contributed by atoms with van der Waals surface area (Å²) in [5.74, 6) is 0.451. The first-order valence-electron chi connectivity index (χ1n) is 4.22. The van der Waals surface area contributed by atoms with E-state index in [1.165, 1.54) is 15.6 Å². The Bertz CT molecular complexity index is 367. The molecule has 0 aliphatic heterocycles. The summed E-state index contributed by atoms with van der Waals surface area (Å²) in [5, 5.41) is 3.89. The maximum Gasteiger partial charge on any atom is 0.350 e. The van der Waals surface area contributed by atoms with Gasteiger partial charge in [-0.3, -0.25) is 4.57 Å². The van der Waals surface area contributed by atoms with Gasteiger partial charge in [0, 0.05) is 6.20 Å². The first-order chi connectivity index (χ1) is 6.65. The van der Waals surface area contributed by atoms with Gasteiger partial charge in [-0.1, -0.05) is 17.3 Å². The van der Waals surface area contributed by atoms with Gasteiger partial charge < -0.3 is 4.55 Å². The van der Waals surface area contributed by atoms with E-state index in [9.17, 15) is 9.35 Å². The molecule has 0 fully saturated rings. The molecule has 0 aromatic carbocycles. The van der Waals surface area contributed by atoms with Gasteiger partial charge >= 0.3 is 5.69 Å². The number of allylic oxidation sites excluding steroid dienone is 1. The van der Waals surface area contributed by atoms with Crippen LogP contribution in [0.25, 0.3) is 6.20 Å². The van der Waals surface area contributed by atoms with Crippen LogP contribution in [0, 0.1) is 0 Å². The lowest BCUT2D eigenvalue weighted by Gasteiger charge is -2.02. The maximum absolute atomic E-state index is 11.5. The Morgan fingerprint density at radius 2 is 2.43 bits per heavy atom. The molecule has 6 heteroatoms. The van der Waals surface area contributed by atoms with Gasteiger partial charge in [-0.15, -0.1) is 0 Å². The summed E-state index contributed by atoms with van der Waals surface area (Å²) in [6.07, 6.45) is 6.44. The number of rotatable bonds is 4. The summed E-state index contributed by atoms with van der Waals surface area (Å²) >= 11 is -0.896. The Labute approximate surface area is 85.2 Å². The van der Waals surface area contributed by atoms with Gasteiger partial charge in [-0.25, -0.2) is 9.48 Å². The van der Waals surface area contributed by atoms with Crippen molar-refractivity contribution in [1.29, 1.82) is 0 Å². The van der Waals surface area contributed by atoms with Crippen molar-refractivity contribution in [2.75, 3.05) is 12.0 Å². The van der Waals surface area contributed by atoms with Crippen LogP contribution in [0.5, 0.6) is 0 Å². The second-order valence-corrected chi connectivity index (χ2v) is 4.36. The highest BCUT2D eigenvalue weighted by molar-refractivity contribution is 7.90. The van der Waals surface area contributed by atoms with E-state index in [1.54, 1.807) is 18.5 Å². The number of nitrogens with zero attached hydrogens (tertiary/aromatic N) is 3. The van der Waals surface area contributed by atoms with Crippen LogP contribution in [0.3, 0.4) is 0 Å². The summed E-state index contributed by atoms with van der Waals surface area (Å²) in [4.78, 5) is 11.5. The fraction of sp³-hybridized carbons (Fsp3) is 0.500. The van der Waals surface area contributed by atoms with E-state index in [0.717, 1.165) is 0 Å². The lowest BCUT2D eigenvalue weighted by molar-refractivity contribution is 0.579. The highest BCUT2D eigenvalue weighted by Gasteiger charge is 2.04. The third kappa shape index (κ3) is 2.74. The van der Waals surface area contributed by atoms with Gasteiger partial charge in [0.1, 0.15) is 12.1 Å². The smallest absolute Gasteiger partial charge is 0.350 e. The maximum atomic E-state index is 11.5. The molecule has 0 bridgehead atoms. The van der Waals surface area contributed by atoms with E-state index < -0.39 is 11.2 Å². The van der Waals surface area contributed by atoms with Crippen molar-refractivity contribution in [2.24, 2.45) is 0 Å². The second-order valence-electron chi connectivity index (χ2n) is 2.80. The summed E-state index contributed by atoms with van der Waals surface area (Å²) in [6, 6.07) is 0. The molecular formula is C8H13N3O2S. The average molecular weight is 215 g/mol. The van der Waals surface area contributed by atoms with Crippen molar-refractivity contribution in [3.8, 4) is 0 Å². The van der Waals surface area contributed by atoms with Gasteiger partial charge in [0.2, 0.25) is 0 Å². The summed E-state index contributed by atoms with van der Waals surface area (Å²) in [6.45, 7) is 2.22. The Hall–Kier alpha value is -1.01. The molecule has 14 heavy (non-hydrogen) atoms. The molecule has 0 radical (unpaired) electrons. The molecule has 0 saturated carbocycles. The minimum absolute atomic E-state index is 0.200. The average Bonchev–Trinajstić information content (AvgIpc) is 2.46. The molecule has 5 nitrogen and oxygen atoms in total. The summed E-state index contributed by atoms with van der Waals surface area (Å²) in [5.41, 5.74) is -0.200. The second kappa shape index (κ2) is 5.02. The minimum Gasteiger partial charge on any atom is -0.617 e. The highest BCUT2D eigenvalue weighted by atomic mass is 32.2. The lowest BCUT2D eigenvalue weighted by Crippen LogP contribution is -2.25. The molecule has 0 aliphatic rings. The van der Waals surface area contributed by atoms with Crippen LogP contribution in [0.15, 0.2) is 17.2 Å². The fourth-order valence-corrected chi connectivity index (χ4v) is 1.41. The number of aryl methyl sites for hydroxylation is 1. The summed E-state index contributed by atoms with van der Waals surface area (Å²) in [7, 11) is 0. The van der Waals surface area contributed by atoms with Crippen molar-refractivity contribution < 1.29 is 4.55 Å². The Balaban J connectivity index is 2.75. The molecule has 1 rings (SSSR count). The quantitative estimate of drug-likeness (QED) is 0.660. The van der Waals surface area contributed by atoms with E-state index in [2.05, 4.69) is 5.10 Å². The molecule has 1 aromatic heterocycles. The largest absolute Gasteiger partial charge is 0.617 e. The zero-order valence-electron chi connectivity index (χ0n) is 8.21. The third-order valence-electron chi connectivity index (χ3n) is 1.66. The van der Waals surface area contributed by atoms with Crippen molar-refractivity contribution in [2.45, 2.75) is 13.5 Å². The number of aromatic nitrogens is 3. The zero-order chi connectivity index (χ0) is 10.6. The molecule has 0 spiro atoms. The first kappa shape index (κ1) is 11.1. The van der Waals surface area contributed by atoms with Gasteiger partial charge in [-0.2, -0.15) is 5.10 Å². The van der Waals surface area contributed by atoms with Crippen LogP contribution in [-0.2, 0) is 17.7 Å². The molecule has 0 aliphatic carbocycles. The van der Waals surface area contributed by atoms with Crippen LogP contribution in [0.2, 0.25) is 0 Å². The Morgan fingerprint density at radius 1 is 1.71 bits per heavy atom. The van der Waals surface area contributed by atoms with Crippen LogP contribution in [0.1, 0.15) is 6.92 Å². The molecule has 0 saturated heterocycles. The number of hydrogen-bond donors (Lipinski definition) is 0. The minimum atomic E-state index is -0.896. The number of hydrogen-bond acceptors (Lipinski definition) is 3. The first-order valence-corrected chi connectivity index (χ1v) is 5.94. The van der Waals surface area contributed by atoms with Gasteiger partial charge in [0.15, 0.2) is 0 Å². The molecule has 1 unspecified atom stereocenters. The Morgan fingerprint density at radius 3 is 3.00 bits per heavy atom. The van der Waals surface area contributed by atoms with E-state index in [1.807, 2.05) is 6.92 Å². The summed E-state index contributed by atoms with van der Waals surface area (Å²) < 4.78 is 13.5. The lowest BCUT2D eigenvalue weighted by atomic mass is 10.7. The predicted molar refractivity (Wildman–Crippen MR) is 56.4 cm³/mol. The fourth-order valence-electron chi connectivity index (χ4n) is 0.981. The third-order valence-corrected chi connectivity index (χ3v) is 2.41.